The van der Waals surface area contributed by atoms with Crippen molar-refractivity contribution in [3.63, 3.8) is 0 Å². The number of amides is 3. The predicted molar refractivity (Wildman–Crippen MR) is 89.8 cm³/mol. The summed E-state index contributed by atoms with van der Waals surface area (Å²) in [7, 11) is 0. The molecule has 2 rings (SSSR count). The Hall–Kier alpha value is -2.57. The first-order valence-corrected chi connectivity index (χ1v) is 7.92. The fourth-order valence-corrected chi connectivity index (χ4v) is 2.48. The van der Waals surface area contributed by atoms with Crippen LogP contribution in [0.2, 0.25) is 0 Å². The molecule has 1 heterocycles. The number of hydrogen-bond donors (Lipinski definition) is 2. The molecule has 24 heavy (non-hydrogen) atoms. The first-order valence-electron chi connectivity index (χ1n) is 7.92. The number of rotatable bonds is 6. The molecule has 7 nitrogen and oxygen atoms in total. The van der Waals surface area contributed by atoms with Crippen LogP contribution in [0.4, 0.5) is 5.69 Å². The maximum atomic E-state index is 12.6. The lowest BCUT2D eigenvalue weighted by molar-refractivity contribution is -0.132. The highest BCUT2D eigenvalue weighted by Crippen LogP contribution is 2.37. The van der Waals surface area contributed by atoms with Crippen LogP contribution in [0, 0.1) is 0 Å². The first kappa shape index (κ1) is 17.8. The molecule has 2 N–H and O–H groups in total. The summed E-state index contributed by atoms with van der Waals surface area (Å²) >= 11 is 0. The van der Waals surface area contributed by atoms with Crippen molar-refractivity contribution >= 4 is 23.4 Å². The molecule has 0 radical (unpaired) electrons. The van der Waals surface area contributed by atoms with Gasteiger partial charge in [0.1, 0.15) is 5.75 Å². The van der Waals surface area contributed by atoms with Crippen molar-refractivity contribution in [1.29, 1.82) is 0 Å². The Balaban J connectivity index is 1.95. The van der Waals surface area contributed by atoms with Crippen molar-refractivity contribution in [2.24, 2.45) is 0 Å². The highest BCUT2D eigenvalue weighted by Gasteiger charge is 2.40. The van der Waals surface area contributed by atoms with Gasteiger partial charge in [-0.15, -0.1) is 0 Å². The summed E-state index contributed by atoms with van der Waals surface area (Å²) in [6.07, 6.45) is 0.177. The Morgan fingerprint density at radius 3 is 2.54 bits per heavy atom. The lowest BCUT2D eigenvalue weighted by Gasteiger charge is -2.38. The number of carbonyl (C=O) groups is 3. The Kier molecular flexibility index (Phi) is 5.43. The highest BCUT2D eigenvalue weighted by atomic mass is 16.5. The second-order valence-electron chi connectivity index (χ2n) is 6.12. The average Bonchev–Trinajstić information content (AvgIpc) is 2.51. The van der Waals surface area contributed by atoms with Crippen molar-refractivity contribution in [3.8, 4) is 5.75 Å². The number of nitrogens with zero attached hydrogens (tertiary/aromatic N) is 1. The average molecular weight is 333 g/mol. The van der Waals surface area contributed by atoms with Crippen LogP contribution in [-0.2, 0) is 14.4 Å². The maximum absolute atomic E-state index is 12.6. The van der Waals surface area contributed by atoms with Crippen molar-refractivity contribution < 1.29 is 19.1 Å². The van der Waals surface area contributed by atoms with Crippen LogP contribution in [-0.4, -0.2) is 43.0 Å². The fraction of sp³-hybridized carbons (Fsp3) is 0.471. The standard InChI is InChI=1S/C17H23N3O4/c1-12(21)18-9-10-19-15(22)8-11-20-13-6-4-5-7-14(13)24-17(2,3)16(20)23/h4-7H,8-11H2,1-3H3,(H,18,21)(H,19,22). The van der Waals surface area contributed by atoms with Gasteiger partial charge in [0.05, 0.1) is 5.69 Å². The number of benzene rings is 1. The lowest BCUT2D eigenvalue weighted by Crippen LogP contribution is -2.53. The number of hydrogen-bond acceptors (Lipinski definition) is 4. The second kappa shape index (κ2) is 7.33. The van der Waals surface area contributed by atoms with E-state index in [1.54, 1.807) is 24.8 Å². The Morgan fingerprint density at radius 1 is 1.17 bits per heavy atom. The van der Waals surface area contributed by atoms with Crippen molar-refractivity contribution in [2.45, 2.75) is 32.8 Å². The van der Waals surface area contributed by atoms with Crippen LogP contribution >= 0.6 is 0 Å². The van der Waals surface area contributed by atoms with Gasteiger partial charge >= 0.3 is 0 Å². The van der Waals surface area contributed by atoms with Crippen LogP contribution in [0.5, 0.6) is 5.75 Å². The van der Waals surface area contributed by atoms with Gasteiger partial charge in [0, 0.05) is 33.0 Å². The fourth-order valence-electron chi connectivity index (χ4n) is 2.48. The van der Waals surface area contributed by atoms with E-state index >= 15 is 0 Å². The SMILES string of the molecule is CC(=O)NCCNC(=O)CCN1C(=O)C(C)(C)Oc2ccccc21. The van der Waals surface area contributed by atoms with Crippen LogP contribution in [0.3, 0.4) is 0 Å². The van der Waals surface area contributed by atoms with Gasteiger partial charge in [-0.1, -0.05) is 12.1 Å². The third kappa shape index (κ3) is 4.24. The number of anilines is 1. The number of carbonyl (C=O) groups excluding carboxylic acids is 3. The lowest BCUT2D eigenvalue weighted by atomic mass is 10.0. The maximum Gasteiger partial charge on any atom is 0.270 e. The normalized spacial score (nSPS) is 15.3. The first-order chi connectivity index (χ1) is 11.3. The highest BCUT2D eigenvalue weighted by molar-refractivity contribution is 6.02. The third-order valence-corrected chi connectivity index (χ3v) is 3.66. The van der Waals surface area contributed by atoms with Crippen molar-refractivity contribution in [1.82, 2.24) is 10.6 Å². The Morgan fingerprint density at radius 2 is 1.83 bits per heavy atom. The summed E-state index contributed by atoms with van der Waals surface area (Å²) < 4.78 is 5.74. The predicted octanol–water partition coefficient (Wildman–Crippen LogP) is 0.833. The van der Waals surface area contributed by atoms with E-state index in [0.29, 0.717) is 24.5 Å². The minimum atomic E-state index is -0.962. The molecule has 7 heteroatoms. The zero-order chi connectivity index (χ0) is 17.7. The van der Waals surface area contributed by atoms with Crippen LogP contribution < -0.4 is 20.3 Å². The molecule has 0 aromatic heterocycles. The summed E-state index contributed by atoms with van der Waals surface area (Å²) in [6, 6.07) is 7.28. The van der Waals surface area contributed by atoms with E-state index in [4.69, 9.17) is 4.74 Å². The largest absolute Gasteiger partial charge is 0.476 e. The van der Waals surface area contributed by atoms with Gasteiger partial charge in [-0.2, -0.15) is 0 Å². The Bertz CT molecular complexity index is 642. The summed E-state index contributed by atoms with van der Waals surface area (Å²) in [5.74, 6) is 0.150. The van der Waals surface area contributed by atoms with E-state index < -0.39 is 5.60 Å². The molecule has 0 fully saturated rings. The van der Waals surface area contributed by atoms with Crippen LogP contribution in [0.1, 0.15) is 27.2 Å². The van der Waals surface area contributed by atoms with Crippen molar-refractivity contribution in [3.05, 3.63) is 24.3 Å². The minimum absolute atomic E-state index is 0.137. The number of ether oxygens (including phenoxy) is 1. The summed E-state index contributed by atoms with van der Waals surface area (Å²) in [5, 5.41) is 5.32. The molecule has 0 atom stereocenters. The molecule has 3 amide bonds. The molecular weight excluding hydrogens is 310 g/mol. The van der Waals surface area contributed by atoms with E-state index in [1.807, 2.05) is 18.2 Å². The quantitative estimate of drug-likeness (QED) is 0.755. The molecular formula is C17H23N3O4. The molecule has 1 aromatic carbocycles. The zero-order valence-electron chi connectivity index (χ0n) is 14.2. The molecule has 0 bridgehead atoms. The molecule has 1 aromatic rings. The van der Waals surface area contributed by atoms with E-state index in [1.165, 1.54) is 6.92 Å². The molecule has 0 spiro atoms. The number of para-hydroxylation sites is 2. The van der Waals surface area contributed by atoms with Gasteiger partial charge in [-0.25, -0.2) is 0 Å². The summed E-state index contributed by atoms with van der Waals surface area (Å²) in [5.41, 5.74) is -0.288. The second-order valence-corrected chi connectivity index (χ2v) is 6.12. The topological polar surface area (TPSA) is 87.7 Å². The number of fused-ring (bicyclic) bond motifs is 1. The van der Waals surface area contributed by atoms with E-state index in [-0.39, 0.29) is 30.7 Å². The molecule has 0 saturated carbocycles. The van der Waals surface area contributed by atoms with E-state index in [0.717, 1.165) is 0 Å². The molecule has 0 saturated heterocycles. The molecule has 1 aliphatic rings. The van der Waals surface area contributed by atoms with Crippen LogP contribution in [0.15, 0.2) is 24.3 Å². The monoisotopic (exact) mass is 333 g/mol. The van der Waals surface area contributed by atoms with E-state index in [2.05, 4.69) is 10.6 Å². The van der Waals surface area contributed by atoms with Gasteiger partial charge in [0.15, 0.2) is 5.60 Å². The Labute approximate surface area is 141 Å². The van der Waals surface area contributed by atoms with E-state index in [9.17, 15) is 14.4 Å². The van der Waals surface area contributed by atoms with Gasteiger partial charge in [0.2, 0.25) is 11.8 Å². The van der Waals surface area contributed by atoms with Crippen molar-refractivity contribution in [2.75, 3.05) is 24.5 Å². The van der Waals surface area contributed by atoms with Gasteiger partial charge < -0.3 is 20.3 Å². The molecule has 0 aliphatic carbocycles. The van der Waals surface area contributed by atoms with Gasteiger partial charge in [0.25, 0.3) is 5.91 Å². The number of nitrogens with one attached hydrogen (secondary N) is 2. The van der Waals surface area contributed by atoms with Gasteiger partial charge in [-0.05, 0) is 26.0 Å². The van der Waals surface area contributed by atoms with Gasteiger partial charge in [-0.3, -0.25) is 14.4 Å². The van der Waals surface area contributed by atoms with Crippen LogP contribution in [0.25, 0.3) is 0 Å². The smallest absolute Gasteiger partial charge is 0.270 e. The third-order valence-electron chi connectivity index (χ3n) is 3.66. The molecule has 130 valence electrons. The zero-order valence-corrected chi connectivity index (χ0v) is 14.2. The molecule has 0 unspecified atom stereocenters. The molecule has 1 aliphatic heterocycles. The summed E-state index contributed by atoms with van der Waals surface area (Å²) in [4.78, 5) is 36.8. The summed E-state index contributed by atoms with van der Waals surface area (Å²) in [6.45, 7) is 5.86. The minimum Gasteiger partial charge on any atom is -0.476 e.